The van der Waals surface area contributed by atoms with Crippen molar-refractivity contribution in [1.82, 2.24) is 5.32 Å². The van der Waals surface area contributed by atoms with E-state index in [1.807, 2.05) is 13.8 Å². The molecule has 100 valence electrons. The molecule has 5 nitrogen and oxygen atoms in total. The van der Waals surface area contributed by atoms with Gasteiger partial charge in [-0.3, -0.25) is 0 Å². The highest BCUT2D eigenvalue weighted by Gasteiger charge is 2.06. The van der Waals surface area contributed by atoms with E-state index in [0.717, 1.165) is 6.42 Å². The highest BCUT2D eigenvalue weighted by atomic mass is 16.5. The third-order valence-corrected chi connectivity index (χ3v) is 2.32. The zero-order valence-corrected chi connectivity index (χ0v) is 10.8. The number of carbonyl (C=O) groups excluding carboxylic acids is 1. The van der Waals surface area contributed by atoms with Crippen molar-refractivity contribution in [3.8, 4) is 5.75 Å². The number of urea groups is 1. The Morgan fingerprint density at radius 3 is 2.78 bits per heavy atom. The van der Waals surface area contributed by atoms with Gasteiger partial charge in [-0.25, -0.2) is 4.79 Å². The van der Waals surface area contributed by atoms with Gasteiger partial charge in [0.05, 0.1) is 13.2 Å². The number of hydrogen-bond donors (Lipinski definition) is 3. The van der Waals surface area contributed by atoms with Gasteiger partial charge >= 0.3 is 6.03 Å². The summed E-state index contributed by atoms with van der Waals surface area (Å²) >= 11 is 0. The van der Waals surface area contributed by atoms with Gasteiger partial charge in [0.25, 0.3) is 0 Å². The predicted molar refractivity (Wildman–Crippen MR) is 70.8 cm³/mol. The number of hydrogen-bond acceptors (Lipinski definition) is 3. The Balaban J connectivity index is 2.69. The molecule has 0 aliphatic heterocycles. The lowest BCUT2D eigenvalue weighted by molar-refractivity contribution is 0.252. The van der Waals surface area contributed by atoms with Crippen molar-refractivity contribution >= 4 is 11.7 Å². The van der Waals surface area contributed by atoms with Crippen molar-refractivity contribution in [1.29, 1.82) is 0 Å². The molecule has 0 heterocycles. The van der Waals surface area contributed by atoms with Crippen molar-refractivity contribution in [2.75, 3.05) is 18.5 Å². The number of aliphatic hydroxyl groups excluding tert-OH is 1. The lowest BCUT2D eigenvalue weighted by atomic mass is 10.2. The second-order valence-corrected chi connectivity index (χ2v) is 3.79. The van der Waals surface area contributed by atoms with E-state index in [-0.39, 0.29) is 12.6 Å². The maximum absolute atomic E-state index is 11.5. The molecule has 0 unspecified atom stereocenters. The highest BCUT2D eigenvalue weighted by molar-refractivity contribution is 5.89. The van der Waals surface area contributed by atoms with Crippen LogP contribution in [0.25, 0.3) is 0 Å². The normalized spacial score (nSPS) is 9.94. The largest absolute Gasteiger partial charge is 0.494 e. The number of ether oxygens (including phenoxy) is 1. The SMILES string of the molecule is CCCNC(=O)Nc1ccc(OCC)c(CO)c1. The van der Waals surface area contributed by atoms with Gasteiger partial charge in [0.2, 0.25) is 0 Å². The van der Waals surface area contributed by atoms with Crippen LogP contribution in [0.2, 0.25) is 0 Å². The molecule has 5 heteroatoms. The minimum atomic E-state index is -0.245. The van der Waals surface area contributed by atoms with E-state index in [1.54, 1.807) is 18.2 Å². The summed E-state index contributed by atoms with van der Waals surface area (Å²) in [4.78, 5) is 11.5. The van der Waals surface area contributed by atoms with Crippen molar-refractivity contribution in [2.45, 2.75) is 26.9 Å². The first-order valence-corrected chi connectivity index (χ1v) is 6.12. The van der Waals surface area contributed by atoms with Gasteiger partial charge in [-0.2, -0.15) is 0 Å². The van der Waals surface area contributed by atoms with E-state index in [1.165, 1.54) is 0 Å². The minimum absolute atomic E-state index is 0.124. The molecule has 0 aliphatic rings. The minimum Gasteiger partial charge on any atom is -0.494 e. The quantitative estimate of drug-likeness (QED) is 0.726. The Morgan fingerprint density at radius 1 is 1.39 bits per heavy atom. The first kappa shape index (κ1) is 14.3. The van der Waals surface area contributed by atoms with E-state index in [2.05, 4.69) is 10.6 Å². The summed E-state index contributed by atoms with van der Waals surface area (Å²) in [6, 6.07) is 4.95. The molecule has 1 rings (SSSR count). The summed E-state index contributed by atoms with van der Waals surface area (Å²) in [5, 5.41) is 14.7. The van der Waals surface area contributed by atoms with Crippen LogP contribution in [0.1, 0.15) is 25.8 Å². The summed E-state index contributed by atoms with van der Waals surface area (Å²) in [5.74, 6) is 0.638. The fraction of sp³-hybridized carbons (Fsp3) is 0.462. The van der Waals surface area contributed by atoms with Crippen LogP contribution in [0.15, 0.2) is 18.2 Å². The van der Waals surface area contributed by atoms with Crippen LogP contribution in [0.5, 0.6) is 5.75 Å². The number of rotatable bonds is 6. The third kappa shape index (κ3) is 4.25. The average Bonchev–Trinajstić information content (AvgIpc) is 2.38. The zero-order valence-electron chi connectivity index (χ0n) is 10.8. The van der Waals surface area contributed by atoms with E-state index in [9.17, 15) is 9.90 Å². The van der Waals surface area contributed by atoms with Gasteiger partial charge in [0, 0.05) is 17.8 Å². The third-order valence-electron chi connectivity index (χ3n) is 2.32. The number of nitrogens with one attached hydrogen (secondary N) is 2. The predicted octanol–water partition coefficient (Wildman–Crippen LogP) is 2.11. The standard InChI is InChI=1S/C13H20N2O3/c1-3-7-14-13(17)15-11-5-6-12(18-4-2)10(8-11)9-16/h5-6,8,16H,3-4,7,9H2,1-2H3,(H2,14,15,17). The van der Waals surface area contributed by atoms with Crippen molar-refractivity contribution in [3.63, 3.8) is 0 Å². The Hall–Kier alpha value is -1.75. The van der Waals surface area contributed by atoms with Crippen LogP contribution in [-0.4, -0.2) is 24.3 Å². The Bertz CT molecular complexity index is 394. The fourth-order valence-electron chi connectivity index (χ4n) is 1.49. The number of aliphatic hydroxyl groups is 1. The van der Waals surface area contributed by atoms with E-state index in [0.29, 0.717) is 30.2 Å². The molecule has 0 bridgehead atoms. The molecule has 0 radical (unpaired) electrons. The monoisotopic (exact) mass is 252 g/mol. The molecule has 2 amide bonds. The number of amides is 2. The van der Waals surface area contributed by atoms with Crippen molar-refractivity contribution < 1.29 is 14.6 Å². The topological polar surface area (TPSA) is 70.6 Å². The molecule has 0 saturated carbocycles. The van der Waals surface area contributed by atoms with Gasteiger partial charge in [-0.05, 0) is 31.5 Å². The molecule has 1 aromatic carbocycles. The Kier molecular flexibility index (Phi) is 6.00. The summed E-state index contributed by atoms with van der Waals surface area (Å²) in [6.45, 7) is 4.92. The summed E-state index contributed by atoms with van der Waals surface area (Å²) in [6.07, 6.45) is 0.887. The molecule has 0 spiro atoms. The van der Waals surface area contributed by atoms with E-state index >= 15 is 0 Å². The molecular weight excluding hydrogens is 232 g/mol. The van der Waals surface area contributed by atoms with Crippen LogP contribution < -0.4 is 15.4 Å². The fourth-order valence-corrected chi connectivity index (χ4v) is 1.49. The second-order valence-electron chi connectivity index (χ2n) is 3.79. The van der Waals surface area contributed by atoms with Crippen molar-refractivity contribution in [2.24, 2.45) is 0 Å². The van der Waals surface area contributed by atoms with Gasteiger partial charge in [-0.1, -0.05) is 6.92 Å². The van der Waals surface area contributed by atoms with Crippen LogP contribution in [0.3, 0.4) is 0 Å². The molecule has 1 aromatic rings. The molecule has 0 saturated heterocycles. The first-order chi connectivity index (χ1) is 8.71. The number of anilines is 1. The second kappa shape index (κ2) is 7.55. The Labute approximate surface area is 107 Å². The molecule has 0 atom stereocenters. The van der Waals surface area contributed by atoms with Gasteiger partial charge in [-0.15, -0.1) is 0 Å². The maximum Gasteiger partial charge on any atom is 0.319 e. The van der Waals surface area contributed by atoms with Gasteiger partial charge in [0.15, 0.2) is 0 Å². The lowest BCUT2D eigenvalue weighted by Gasteiger charge is -2.11. The number of carbonyl (C=O) groups is 1. The molecule has 0 fully saturated rings. The smallest absolute Gasteiger partial charge is 0.319 e. The van der Waals surface area contributed by atoms with E-state index < -0.39 is 0 Å². The zero-order chi connectivity index (χ0) is 13.4. The van der Waals surface area contributed by atoms with Crippen LogP contribution in [0, 0.1) is 0 Å². The highest BCUT2D eigenvalue weighted by Crippen LogP contribution is 2.22. The average molecular weight is 252 g/mol. The molecule has 0 aliphatic carbocycles. The van der Waals surface area contributed by atoms with Crippen LogP contribution in [-0.2, 0) is 6.61 Å². The van der Waals surface area contributed by atoms with Crippen LogP contribution in [0.4, 0.5) is 10.5 Å². The van der Waals surface area contributed by atoms with Gasteiger partial charge in [0.1, 0.15) is 5.75 Å². The summed E-state index contributed by atoms with van der Waals surface area (Å²) in [5.41, 5.74) is 1.29. The molecule has 0 aromatic heterocycles. The van der Waals surface area contributed by atoms with Crippen LogP contribution >= 0.6 is 0 Å². The Morgan fingerprint density at radius 2 is 2.17 bits per heavy atom. The molecular formula is C13H20N2O3. The first-order valence-electron chi connectivity index (χ1n) is 6.12. The summed E-state index contributed by atoms with van der Waals surface area (Å²) in [7, 11) is 0. The lowest BCUT2D eigenvalue weighted by Crippen LogP contribution is -2.29. The van der Waals surface area contributed by atoms with E-state index in [4.69, 9.17) is 4.74 Å². The van der Waals surface area contributed by atoms with Crippen molar-refractivity contribution in [3.05, 3.63) is 23.8 Å². The van der Waals surface area contributed by atoms with Gasteiger partial charge < -0.3 is 20.5 Å². The molecule has 18 heavy (non-hydrogen) atoms. The maximum atomic E-state index is 11.5. The molecule has 3 N–H and O–H groups in total. The summed E-state index contributed by atoms with van der Waals surface area (Å²) < 4.78 is 5.36. The number of benzene rings is 1.